The van der Waals surface area contributed by atoms with Crippen LogP contribution in [0.2, 0.25) is 0 Å². The second kappa shape index (κ2) is 5.54. The van der Waals surface area contributed by atoms with E-state index in [0.717, 1.165) is 17.9 Å². The minimum absolute atomic E-state index is 0.741. The van der Waals surface area contributed by atoms with Crippen molar-refractivity contribution in [3.63, 3.8) is 0 Å². The number of anilines is 2. The normalized spacial score (nSPS) is 10.2. The van der Waals surface area contributed by atoms with Crippen LogP contribution in [-0.4, -0.2) is 19.1 Å². The molecule has 0 amide bonds. The van der Waals surface area contributed by atoms with Gasteiger partial charge in [-0.25, -0.2) is 0 Å². The van der Waals surface area contributed by atoms with E-state index in [2.05, 4.69) is 39.5 Å². The van der Waals surface area contributed by atoms with Crippen molar-refractivity contribution in [1.29, 1.82) is 0 Å². The molecule has 0 aliphatic carbocycles. The first-order valence-electron chi connectivity index (χ1n) is 6.08. The zero-order chi connectivity index (χ0) is 13.0. The highest BCUT2D eigenvalue weighted by molar-refractivity contribution is 5.69. The molecule has 0 fully saturated rings. The molecule has 2 aromatic rings. The van der Waals surface area contributed by atoms with Crippen molar-refractivity contribution in [2.24, 2.45) is 0 Å². The Bertz CT molecular complexity index is 503. The number of aromatic nitrogens is 1. The molecule has 1 aromatic carbocycles. The fourth-order valence-electron chi connectivity index (χ4n) is 1.80. The smallest absolute Gasteiger partial charge is 0.0596 e. The van der Waals surface area contributed by atoms with Gasteiger partial charge >= 0.3 is 0 Å². The van der Waals surface area contributed by atoms with Crippen molar-refractivity contribution in [3.8, 4) is 0 Å². The van der Waals surface area contributed by atoms with E-state index in [4.69, 9.17) is 0 Å². The number of aryl methyl sites for hydroxylation is 1. The van der Waals surface area contributed by atoms with Crippen LogP contribution < -0.4 is 10.2 Å². The minimum atomic E-state index is 0.741. The van der Waals surface area contributed by atoms with Crippen molar-refractivity contribution in [2.45, 2.75) is 13.5 Å². The molecule has 0 unspecified atom stereocenters. The molecule has 3 nitrogen and oxygen atoms in total. The molecule has 0 saturated heterocycles. The first kappa shape index (κ1) is 12.4. The van der Waals surface area contributed by atoms with Crippen molar-refractivity contribution >= 4 is 11.4 Å². The summed E-state index contributed by atoms with van der Waals surface area (Å²) in [5.74, 6) is 0. The van der Waals surface area contributed by atoms with Gasteiger partial charge in [0, 0.05) is 20.3 Å². The SMILES string of the molecule is Cc1ccc(CNc2ccccc2N(C)C)nc1. The lowest BCUT2D eigenvalue weighted by molar-refractivity contribution is 1.03. The second-order valence-corrected chi connectivity index (χ2v) is 4.59. The van der Waals surface area contributed by atoms with Crippen LogP contribution in [0.4, 0.5) is 11.4 Å². The van der Waals surface area contributed by atoms with Crippen LogP contribution in [0, 0.1) is 6.92 Å². The van der Waals surface area contributed by atoms with Gasteiger partial charge in [-0.3, -0.25) is 4.98 Å². The number of pyridine rings is 1. The van der Waals surface area contributed by atoms with Gasteiger partial charge in [0.05, 0.1) is 23.6 Å². The van der Waals surface area contributed by atoms with Crippen molar-refractivity contribution in [2.75, 3.05) is 24.3 Å². The highest BCUT2D eigenvalue weighted by Crippen LogP contribution is 2.23. The third kappa shape index (κ3) is 3.00. The van der Waals surface area contributed by atoms with Crippen molar-refractivity contribution in [1.82, 2.24) is 4.98 Å². The zero-order valence-corrected chi connectivity index (χ0v) is 11.1. The standard InChI is InChI=1S/C15H19N3/c1-12-8-9-13(16-10-12)11-17-14-6-4-5-7-15(14)18(2)3/h4-10,17H,11H2,1-3H3. The molecule has 2 rings (SSSR count). The summed E-state index contributed by atoms with van der Waals surface area (Å²) in [5, 5.41) is 3.43. The topological polar surface area (TPSA) is 28.2 Å². The average molecular weight is 241 g/mol. The molecule has 0 bridgehead atoms. The molecule has 1 aromatic heterocycles. The summed E-state index contributed by atoms with van der Waals surface area (Å²) < 4.78 is 0. The maximum atomic E-state index is 4.39. The number of para-hydroxylation sites is 2. The molecular formula is C15H19N3. The van der Waals surface area contributed by atoms with Crippen LogP contribution >= 0.6 is 0 Å². The van der Waals surface area contributed by atoms with Crippen LogP contribution in [0.1, 0.15) is 11.3 Å². The molecule has 0 radical (unpaired) electrons. The van der Waals surface area contributed by atoms with E-state index in [9.17, 15) is 0 Å². The van der Waals surface area contributed by atoms with Crippen LogP contribution in [0.25, 0.3) is 0 Å². The number of nitrogens with zero attached hydrogens (tertiary/aromatic N) is 2. The quantitative estimate of drug-likeness (QED) is 0.891. The molecule has 3 heteroatoms. The lowest BCUT2D eigenvalue weighted by Gasteiger charge is -2.18. The number of nitrogens with one attached hydrogen (secondary N) is 1. The number of benzene rings is 1. The van der Waals surface area contributed by atoms with Gasteiger partial charge in [0.25, 0.3) is 0 Å². The molecule has 94 valence electrons. The predicted octanol–water partition coefficient (Wildman–Crippen LogP) is 3.07. The summed E-state index contributed by atoms with van der Waals surface area (Å²) in [6.07, 6.45) is 1.90. The summed E-state index contributed by atoms with van der Waals surface area (Å²) in [6.45, 7) is 2.79. The largest absolute Gasteiger partial charge is 0.378 e. The minimum Gasteiger partial charge on any atom is -0.378 e. The van der Waals surface area contributed by atoms with Gasteiger partial charge in [0.2, 0.25) is 0 Å². The Labute approximate surface area is 108 Å². The highest BCUT2D eigenvalue weighted by Gasteiger charge is 2.03. The van der Waals surface area contributed by atoms with E-state index in [1.54, 1.807) is 0 Å². The molecule has 0 saturated carbocycles. The monoisotopic (exact) mass is 241 g/mol. The van der Waals surface area contributed by atoms with Gasteiger partial charge in [-0.05, 0) is 30.7 Å². The first-order chi connectivity index (χ1) is 8.66. The fourth-order valence-corrected chi connectivity index (χ4v) is 1.80. The van der Waals surface area contributed by atoms with Gasteiger partial charge in [-0.15, -0.1) is 0 Å². The van der Waals surface area contributed by atoms with Gasteiger partial charge in [0.1, 0.15) is 0 Å². The van der Waals surface area contributed by atoms with Gasteiger partial charge in [-0.1, -0.05) is 18.2 Å². The molecular weight excluding hydrogens is 222 g/mol. The number of hydrogen-bond donors (Lipinski definition) is 1. The highest BCUT2D eigenvalue weighted by atomic mass is 15.1. The van der Waals surface area contributed by atoms with E-state index < -0.39 is 0 Å². The van der Waals surface area contributed by atoms with E-state index >= 15 is 0 Å². The molecule has 0 aliphatic rings. The van der Waals surface area contributed by atoms with Crippen LogP contribution in [0.5, 0.6) is 0 Å². The molecule has 18 heavy (non-hydrogen) atoms. The molecule has 0 aliphatic heterocycles. The second-order valence-electron chi connectivity index (χ2n) is 4.59. The maximum Gasteiger partial charge on any atom is 0.0596 e. The number of rotatable bonds is 4. The third-order valence-electron chi connectivity index (χ3n) is 2.82. The van der Waals surface area contributed by atoms with Crippen LogP contribution in [0.15, 0.2) is 42.6 Å². The Morgan fingerprint density at radius 3 is 2.56 bits per heavy atom. The van der Waals surface area contributed by atoms with Crippen LogP contribution in [0.3, 0.4) is 0 Å². The Morgan fingerprint density at radius 2 is 1.89 bits per heavy atom. The summed E-state index contributed by atoms with van der Waals surface area (Å²) in [6, 6.07) is 12.4. The summed E-state index contributed by atoms with van der Waals surface area (Å²) in [4.78, 5) is 6.49. The van der Waals surface area contributed by atoms with E-state index in [1.807, 2.05) is 39.3 Å². The molecule has 1 heterocycles. The predicted molar refractivity (Wildman–Crippen MR) is 77.1 cm³/mol. The fraction of sp³-hybridized carbons (Fsp3) is 0.267. The molecule has 0 atom stereocenters. The van der Waals surface area contributed by atoms with Crippen molar-refractivity contribution < 1.29 is 0 Å². The Morgan fingerprint density at radius 1 is 1.11 bits per heavy atom. The van der Waals surface area contributed by atoms with Crippen molar-refractivity contribution in [3.05, 3.63) is 53.9 Å². The Hall–Kier alpha value is -2.03. The summed E-state index contributed by atoms with van der Waals surface area (Å²) in [7, 11) is 4.09. The van der Waals surface area contributed by atoms with E-state index in [1.165, 1.54) is 11.3 Å². The zero-order valence-electron chi connectivity index (χ0n) is 11.1. The molecule has 0 spiro atoms. The lowest BCUT2D eigenvalue weighted by atomic mass is 10.2. The average Bonchev–Trinajstić information content (AvgIpc) is 2.38. The third-order valence-corrected chi connectivity index (χ3v) is 2.82. The van der Waals surface area contributed by atoms with E-state index in [0.29, 0.717) is 0 Å². The summed E-state index contributed by atoms with van der Waals surface area (Å²) in [5.41, 5.74) is 4.55. The lowest BCUT2D eigenvalue weighted by Crippen LogP contribution is -2.12. The van der Waals surface area contributed by atoms with E-state index in [-0.39, 0.29) is 0 Å². The maximum absolute atomic E-state index is 4.39. The number of hydrogen-bond acceptors (Lipinski definition) is 3. The molecule has 1 N–H and O–H groups in total. The Kier molecular flexibility index (Phi) is 3.82. The Balaban J connectivity index is 2.08. The van der Waals surface area contributed by atoms with Gasteiger partial charge in [0.15, 0.2) is 0 Å². The van der Waals surface area contributed by atoms with Crippen LogP contribution in [-0.2, 0) is 6.54 Å². The van der Waals surface area contributed by atoms with Gasteiger partial charge in [-0.2, -0.15) is 0 Å². The van der Waals surface area contributed by atoms with Gasteiger partial charge < -0.3 is 10.2 Å². The first-order valence-corrected chi connectivity index (χ1v) is 6.08. The summed E-state index contributed by atoms with van der Waals surface area (Å²) >= 11 is 0.